The normalized spacial score (nSPS) is 18.9. The monoisotopic (exact) mass is 227 g/mol. The van der Waals surface area contributed by atoms with Crippen molar-refractivity contribution in [2.24, 2.45) is 0 Å². The Kier molecular flexibility index (Phi) is 4.43. The summed E-state index contributed by atoms with van der Waals surface area (Å²) in [5, 5.41) is 3.34. The molecule has 1 atom stereocenters. The lowest BCUT2D eigenvalue weighted by Crippen LogP contribution is -2.31. The van der Waals surface area contributed by atoms with Crippen LogP contribution >= 0.6 is 12.4 Å². The summed E-state index contributed by atoms with van der Waals surface area (Å²) in [4.78, 5) is 0. The van der Waals surface area contributed by atoms with E-state index >= 15 is 0 Å². The number of aryl methyl sites for hydroxylation is 1. The molecule has 0 fully saturated rings. The molecule has 1 aliphatic carbocycles. The molecule has 1 aliphatic rings. The van der Waals surface area contributed by atoms with Crippen molar-refractivity contribution in [1.82, 2.24) is 5.32 Å². The van der Waals surface area contributed by atoms with Crippen LogP contribution in [-0.4, -0.2) is 20.2 Å². The molecule has 0 saturated carbocycles. The topological polar surface area (TPSA) is 21.3 Å². The van der Waals surface area contributed by atoms with E-state index < -0.39 is 0 Å². The summed E-state index contributed by atoms with van der Waals surface area (Å²) in [7, 11) is 3.78. The van der Waals surface area contributed by atoms with Crippen molar-refractivity contribution >= 4 is 12.4 Å². The highest BCUT2D eigenvalue weighted by Gasteiger charge is 2.19. The Morgan fingerprint density at radius 3 is 2.87 bits per heavy atom. The first kappa shape index (κ1) is 12.3. The molecule has 15 heavy (non-hydrogen) atoms. The molecule has 0 heterocycles. The molecule has 84 valence electrons. The van der Waals surface area contributed by atoms with E-state index in [4.69, 9.17) is 4.74 Å². The van der Waals surface area contributed by atoms with Gasteiger partial charge in [-0.25, -0.2) is 0 Å². The number of fused-ring (bicyclic) bond motifs is 1. The van der Waals surface area contributed by atoms with Gasteiger partial charge in [-0.15, -0.1) is 12.4 Å². The Hall–Kier alpha value is -0.730. The number of benzene rings is 1. The van der Waals surface area contributed by atoms with Crippen molar-refractivity contribution < 1.29 is 4.74 Å². The van der Waals surface area contributed by atoms with E-state index in [1.165, 1.54) is 17.5 Å². The van der Waals surface area contributed by atoms with Gasteiger partial charge in [0.25, 0.3) is 0 Å². The van der Waals surface area contributed by atoms with Crippen molar-refractivity contribution in [3.8, 4) is 5.75 Å². The van der Waals surface area contributed by atoms with Gasteiger partial charge in [0.15, 0.2) is 0 Å². The molecule has 0 aromatic heterocycles. The highest BCUT2D eigenvalue weighted by atomic mass is 35.5. The zero-order chi connectivity index (χ0) is 9.97. The molecule has 0 spiro atoms. The Morgan fingerprint density at radius 2 is 2.20 bits per heavy atom. The fraction of sp³-hybridized carbons (Fsp3) is 0.500. The van der Waals surface area contributed by atoms with Gasteiger partial charge in [-0.2, -0.15) is 0 Å². The minimum absolute atomic E-state index is 0. The molecule has 0 unspecified atom stereocenters. The van der Waals surface area contributed by atoms with Crippen LogP contribution in [0.3, 0.4) is 0 Å². The van der Waals surface area contributed by atoms with Gasteiger partial charge in [0.2, 0.25) is 0 Å². The van der Waals surface area contributed by atoms with Gasteiger partial charge < -0.3 is 10.1 Å². The Morgan fingerprint density at radius 1 is 1.40 bits per heavy atom. The number of methoxy groups -OCH3 is 1. The Bertz CT molecular complexity index is 313. The number of nitrogens with one attached hydrogen (secondary N) is 1. The largest absolute Gasteiger partial charge is 0.496 e. The molecular formula is C12H18ClNO. The molecule has 2 nitrogen and oxygen atoms in total. The van der Waals surface area contributed by atoms with Gasteiger partial charge in [0.1, 0.15) is 5.75 Å². The third kappa shape index (κ3) is 2.44. The molecule has 0 aliphatic heterocycles. The van der Waals surface area contributed by atoms with E-state index in [1.54, 1.807) is 7.11 Å². The number of likely N-dealkylation sites (N-methyl/N-ethyl adjacent to an activating group) is 1. The third-order valence-corrected chi connectivity index (χ3v) is 3.07. The number of rotatable bonds is 2. The highest BCUT2D eigenvalue weighted by Crippen LogP contribution is 2.29. The number of ether oxygens (including phenoxy) is 1. The second kappa shape index (κ2) is 5.38. The Balaban J connectivity index is 0.00000112. The molecule has 3 heteroatoms. The van der Waals surface area contributed by atoms with Crippen LogP contribution in [0.25, 0.3) is 0 Å². The predicted molar refractivity (Wildman–Crippen MR) is 65.1 cm³/mol. The summed E-state index contributed by atoms with van der Waals surface area (Å²) >= 11 is 0. The molecule has 0 saturated heterocycles. The minimum atomic E-state index is 0. The van der Waals surface area contributed by atoms with Crippen LogP contribution in [0.5, 0.6) is 5.75 Å². The summed E-state index contributed by atoms with van der Waals surface area (Å²) in [6, 6.07) is 6.96. The van der Waals surface area contributed by atoms with Crippen molar-refractivity contribution in [3.05, 3.63) is 29.3 Å². The summed E-state index contributed by atoms with van der Waals surface area (Å²) in [6.07, 6.45) is 3.49. The van der Waals surface area contributed by atoms with Crippen molar-refractivity contribution in [2.75, 3.05) is 14.2 Å². The van der Waals surface area contributed by atoms with Gasteiger partial charge in [0, 0.05) is 6.04 Å². The highest BCUT2D eigenvalue weighted by molar-refractivity contribution is 5.85. The van der Waals surface area contributed by atoms with E-state index in [0.29, 0.717) is 6.04 Å². The predicted octanol–water partition coefficient (Wildman–Crippen LogP) is 2.19. The number of halogens is 1. The van der Waals surface area contributed by atoms with Crippen LogP contribution in [0, 0.1) is 0 Å². The molecule has 1 aromatic rings. The van der Waals surface area contributed by atoms with Gasteiger partial charge in [-0.3, -0.25) is 0 Å². The lowest BCUT2D eigenvalue weighted by molar-refractivity contribution is 0.398. The second-order valence-electron chi connectivity index (χ2n) is 3.83. The van der Waals surface area contributed by atoms with E-state index in [-0.39, 0.29) is 12.4 Å². The van der Waals surface area contributed by atoms with E-state index in [0.717, 1.165) is 18.6 Å². The minimum Gasteiger partial charge on any atom is -0.496 e. The first-order valence-electron chi connectivity index (χ1n) is 5.17. The molecular weight excluding hydrogens is 210 g/mol. The van der Waals surface area contributed by atoms with Crippen molar-refractivity contribution in [2.45, 2.75) is 25.3 Å². The summed E-state index contributed by atoms with van der Waals surface area (Å²) in [5.74, 6) is 1.04. The fourth-order valence-electron chi connectivity index (χ4n) is 2.19. The van der Waals surface area contributed by atoms with Crippen LogP contribution in [0.2, 0.25) is 0 Å². The molecule has 0 radical (unpaired) electrons. The second-order valence-corrected chi connectivity index (χ2v) is 3.83. The summed E-state index contributed by atoms with van der Waals surface area (Å²) < 4.78 is 5.38. The van der Waals surface area contributed by atoms with Gasteiger partial charge in [-0.05, 0) is 43.5 Å². The van der Waals surface area contributed by atoms with E-state index in [2.05, 4.69) is 23.5 Å². The lowest BCUT2D eigenvalue weighted by Gasteiger charge is -2.25. The van der Waals surface area contributed by atoms with Crippen molar-refractivity contribution in [3.63, 3.8) is 0 Å². The zero-order valence-electron chi connectivity index (χ0n) is 9.25. The maximum absolute atomic E-state index is 5.38. The maximum atomic E-state index is 5.38. The smallest absolute Gasteiger partial charge is 0.122 e. The third-order valence-electron chi connectivity index (χ3n) is 3.07. The first-order valence-corrected chi connectivity index (χ1v) is 5.17. The quantitative estimate of drug-likeness (QED) is 0.837. The van der Waals surface area contributed by atoms with E-state index in [1.807, 2.05) is 7.05 Å². The summed E-state index contributed by atoms with van der Waals surface area (Å²) in [5.41, 5.74) is 2.84. The standard InChI is InChI=1S/C12H17NO.ClH/c1-13-10-7-6-9-4-3-5-12(14-2)11(9)8-10;/h3-5,10,13H,6-8H2,1-2H3;1H/t10-;/m0./s1. The van der Waals surface area contributed by atoms with Crippen LogP contribution in [0.4, 0.5) is 0 Å². The number of hydrogen-bond acceptors (Lipinski definition) is 2. The molecule has 2 rings (SSSR count). The van der Waals surface area contributed by atoms with Crippen LogP contribution in [0.15, 0.2) is 18.2 Å². The van der Waals surface area contributed by atoms with Gasteiger partial charge in [0.05, 0.1) is 7.11 Å². The van der Waals surface area contributed by atoms with Gasteiger partial charge >= 0.3 is 0 Å². The zero-order valence-corrected chi connectivity index (χ0v) is 10.1. The average molecular weight is 228 g/mol. The number of hydrogen-bond donors (Lipinski definition) is 1. The molecule has 0 bridgehead atoms. The van der Waals surface area contributed by atoms with Crippen molar-refractivity contribution in [1.29, 1.82) is 0 Å². The van der Waals surface area contributed by atoms with Gasteiger partial charge in [-0.1, -0.05) is 12.1 Å². The fourth-order valence-corrected chi connectivity index (χ4v) is 2.19. The average Bonchev–Trinajstić information content (AvgIpc) is 2.27. The van der Waals surface area contributed by atoms with Crippen LogP contribution < -0.4 is 10.1 Å². The maximum Gasteiger partial charge on any atom is 0.122 e. The first-order chi connectivity index (χ1) is 6.85. The summed E-state index contributed by atoms with van der Waals surface area (Å²) in [6.45, 7) is 0. The molecule has 1 N–H and O–H groups in total. The Labute approximate surface area is 97.4 Å². The van der Waals surface area contributed by atoms with Crippen LogP contribution in [-0.2, 0) is 12.8 Å². The molecule has 1 aromatic carbocycles. The SMILES string of the molecule is CN[C@H]1CCc2cccc(OC)c2C1.Cl. The van der Waals surface area contributed by atoms with E-state index in [9.17, 15) is 0 Å². The molecule has 0 amide bonds. The lowest BCUT2D eigenvalue weighted by atomic mass is 9.88. The van der Waals surface area contributed by atoms with Crippen LogP contribution in [0.1, 0.15) is 17.5 Å².